The maximum Gasteiger partial charge on any atom is 0.217 e. The number of ether oxygens (including phenoxy) is 11. The summed E-state index contributed by atoms with van der Waals surface area (Å²) in [5.41, 5.74) is 0. The van der Waals surface area contributed by atoms with Gasteiger partial charge in [-0.25, -0.2) is 0 Å². The van der Waals surface area contributed by atoms with Crippen LogP contribution in [0, 0.1) is 0 Å². The average Bonchev–Trinajstić information content (AvgIpc) is 3.31. The molecule has 0 radical (unpaired) electrons. The summed E-state index contributed by atoms with van der Waals surface area (Å²) in [6.45, 7) is -0.320. The summed E-state index contributed by atoms with van der Waals surface area (Å²) in [5, 5.41) is 184. The molecule has 0 aromatic heterocycles. The molecule has 396 valence electrons. The van der Waals surface area contributed by atoms with E-state index < -0.39 is 217 Å². The van der Waals surface area contributed by atoms with E-state index in [2.05, 4.69) is 5.32 Å². The first-order valence-corrected chi connectivity index (χ1v) is 21.8. The van der Waals surface area contributed by atoms with Crippen LogP contribution < -0.4 is 5.32 Å². The molecule has 0 aromatic carbocycles. The highest BCUT2D eigenvalue weighted by Gasteiger charge is 2.58. The smallest absolute Gasteiger partial charge is 0.217 e. The van der Waals surface area contributed by atoms with Crippen molar-refractivity contribution in [3.63, 3.8) is 0 Å². The zero-order valence-electron chi connectivity index (χ0n) is 36.7. The van der Waals surface area contributed by atoms with Gasteiger partial charge in [-0.05, 0) is 13.8 Å². The normalized spacial score (nSPS) is 52.6. The predicted molar refractivity (Wildman–Crippen MR) is 208 cm³/mol. The number of hydrogen-bond acceptors (Lipinski definition) is 29. The van der Waals surface area contributed by atoms with Crippen molar-refractivity contribution < 1.29 is 144 Å². The molecule has 6 heterocycles. The zero-order chi connectivity index (χ0) is 50.2. The standard InChI is InChI=1S/C38H65NO29/c1-8-16(45)20(49)23(52)35(58-8)66-30-15(39-10(3)44)34(63-14(7-43)28(30)64-37-25(54)22(51)18(47)11(4-40)61-37)67-31-19(48)12(5-41)62-38(27(31)56)65-29-13(6-42)60-33(57)26(55)32(29)68-36-24(53)21(50)17(46)9(2)59-36/h8-9,11-38,40-43,45-57H,4-7H2,1-3H3,(H,39,44)/t8-,9-,11+,12+,13+,14+,15+,16+,17+,18-,19-,20+,21+,22-,23-,24-,25+,26+,27+,28+,29+,30+,31-,32+,33-,34-,35-,36-,37-,38-/m0/s1. The van der Waals surface area contributed by atoms with E-state index in [0.29, 0.717) is 0 Å². The van der Waals surface area contributed by atoms with Crippen LogP contribution in [0.1, 0.15) is 20.8 Å². The topological polar surface area (TPSA) is 475 Å². The molecule has 0 aromatic rings. The highest BCUT2D eigenvalue weighted by molar-refractivity contribution is 5.73. The molecule has 1 amide bonds. The van der Waals surface area contributed by atoms with Crippen LogP contribution in [0.2, 0.25) is 0 Å². The lowest BCUT2D eigenvalue weighted by Crippen LogP contribution is -2.71. The van der Waals surface area contributed by atoms with Gasteiger partial charge in [0.25, 0.3) is 0 Å². The second-order valence-corrected chi connectivity index (χ2v) is 17.5. The summed E-state index contributed by atoms with van der Waals surface area (Å²) in [7, 11) is 0. The molecule has 0 bridgehead atoms. The van der Waals surface area contributed by atoms with Gasteiger partial charge >= 0.3 is 0 Å². The van der Waals surface area contributed by atoms with Crippen LogP contribution in [0.25, 0.3) is 0 Å². The Morgan fingerprint density at radius 2 is 0.750 bits per heavy atom. The van der Waals surface area contributed by atoms with E-state index >= 15 is 0 Å². The molecule has 30 nitrogen and oxygen atoms in total. The summed E-state index contributed by atoms with van der Waals surface area (Å²) in [5.74, 6) is -0.867. The molecule has 6 rings (SSSR count). The predicted octanol–water partition coefficient (Wildman–Crippen LogP) is -11.9. The van der Waals surface area contributed by atoms with Gasteiger partial charge in [0.2, 0.25) is 5.91 Å². The minimum atomic E-state index is -2.23. The quantitative estimate of drug-likeness (QED) is 0.0724. The Bertz CT molecular complexity index is 1590. The lowest BCUT2D eigenvalue weighted by molar-refractivity contribution is -0.397. The number of aliphatic hydroxyl groups excluding tert-OH is 17. The van der Waals surface area contributed by atoms with Gasteiger partial charge in [-0.15, -0.1) is 0 Å². The molecular formula is C38H65NO29. The Labute approximate surface area is 386 Å². The van der Waals surface area contributed by atoms with Crippen molar-refractivity contribution in [1.29, 1.82) is 0 Å². The second kappa shape index (κ2) is 23.5. The third-order valence-electron chi connectivity index (χ3n) is 12.8. The maximum absolute atomic E-state index is 12.9. The third kappa shape index (κ3) is 11.4. The van der Waals surface area contributed by atoms with E-state index in [9.17, 15) is 91.6 Å². The van der Waals surface area contributed by atoms with E-state index in [1.54, 1.807) is 0 Å². The number of nitrogens with one attached hydrogen (secondary N) is 1. The van der Waals surface area contributed by atoms with Crippen molar-refractivity contribution in [3.05, 3.63) is 0 Å². The largest absolute Gasteiger partial charge is 0.394 e. The number of rotatable bonds is 15. The van der Waals surface area contributed by atoms with Gasteiger partial charge in [-0.1, -0.05) is 0 Å². The van der Waals surface area contributed by atoms with Crippen LogP contribution in [0.5, 0.6) is 0 Å². The van der Waals surface area contributed by atoms with Gasteiger partial charge in [-0.2, -0.15) is 0 Å². The van der Waals surface area contributed by atoms with Crippen molar-refractivity contribution in [3.8, 4) is 0 Å². The fourth-order valence-electron chi connectivity index (χ4n) is 8.79. The minimum absolute atomic E-state index is 0.867. The van der Waals surface area contributed by atoms with E-state index in [1.165, 1.54) is 13.8 Å². The molecule has 6 fully saturated rings. The van der Waals surface area contributed by atoms with Crippen LogP contribution in [-0.2, 0) is 56.9 Å². The Hall–Kier alpha value is -1.65. The van der Waals surface area contributed by atoms with Crippen LogP contribution >= 0.6 is 0 Å². The average molecular weight is 1000 g/mol. The first kappa shape index (κ1) is 55.7. The lowest BCUT2D eigenvalue weighted by atomic mass is 9.93. The molecular weight excluding hydrogens is 934 g/mol. The summed E-state index contributed by atoms with van der Waals surface area (Å²) >= 11 is 0. The van der Waals surface area contributed by atoms with Crippen molar-refractivity contribution in [1.82, 2.24) is 5.32 Å². The molecule has 6 aliphatic heterocycles. The second-order valence-electron chi connectivity index (χ2n) is 17.5. The summed E-state index contributed by atoms with van der Waals surface area (Å²) < 4.78 is 63.6. The molecule has 30 heteroatoms. The molecule has 68 heavy (non-hydrogen) atoms. The highest BCUT2D eigenvalue weighted by Crippen LogP contribution is 2.38. The Morgan fingerprint density at radius 1 is 0.382 bits per heavy atom. The summed E-state index contributed by atoms with van der Waals surface area (Å²) in [6.07, 6.45) is -53.5. The number of carbonyl (C=O) groups is 1. The number of hydrogen-bond donors (Lipinski definition) is 18. The fraction of sp³-hybridized carbons (Fsp3) is 0.974. The monoisotopic (exact) mass is 999 g/mol. The van der Waals surface area contributed by atoms with E-state index in [-0.39, 0.29) is 0 Å². The number of carbonyl (C=O) groups excluding carboxylic acids is 1. The van der Waals surface area contributed by atoms with Crippen molar-refractivity contribution in [2.75, 3.05) is 26.4 Å². The first-order chi connectivity index (χ1) is 32.1. The van der Waals surface area contributed by atoms with Gasteiger partial charge < -0.3 is 144 Å². The Kier molecular flexibility index (Phi) is 19.2. The molecule has 0 saturated carbocycles. The van der Waals surface area contributed by atoms with Crippen molar-refractivity contribution in [2.45, 2.75) is 205 Å². The Morgan fingerprint density at radius 3 is 1.24 bits per heavy atom. The van der Waals surface area contributed by atoms with Gasteiger partial charge in [-0.3, -0.25) is 4.79 Å². The number of aliphatic hydroxyl groups is 17. The molecule has 30 atom stereocenters. The Balaban J connectivity index is 1.33. The third-order valence-corrected chi connectivity index (χ3v) is 12.8. The van der Waals surface area contributed by atoms with Crippen molar-refractivity contribution in [2.24, 2.45) is 0 Å². The van der Waals surface area contributed by atoms with E-state index in [4.69, 9.17) is 52.1 Å². The van der Waals surface area contributed by atoms with Crippen LogP contribution in [0.15, 0.2) is 0 Å². The van der Waals surface area contributed by atoms with Crippen LogP contribution in [0.4, 0.5) is 0 Å². The zero-order valence-corrected chi connectivity index (χ0v) is 36.7. The highest BCUT2D eigenvalue weighted by atomic mass is 16.8. The molecule has 0 spiro atoms. The van der Waals surface area contributed by atoms with Gasteiger partial charge in [0.05, 0.1) is 38.6 Å². The number of amides is 1. The molecule has 6 aliphatic rings. The minimum Gasteiger partial charge on any atom is -0.394 e. The molecule has 0 aliphatic carbocycles. The van der Waals surface area contributed by atoms with E-state index in [1.807, 2.05) is 0 Å². The van der Waals surface area contributed by atoms with Gasteiger partial charge in [0.15, 0.2) is 37.7 Å². The molecule has 18 N–H and O–H groups in total. The van der Waals surface area contributed by atoms with Crippen LogP contribution in [-0.4, -0.2) is 303 Å². The SMILES string of the molecule is CC(=O)N[C@H]1[C@H](O[C@H]2[C@@H](O)[C@@H](CO)O[C@@H](O[C@H]3[C@H](O[C@@H]4O[C@@H](C)[C@@H](O)[C@@H](O)[C@@H]4O)[C@@H](O)[C@@H](O)O[C@@H]3CO)[C@@H]2O)O[C@H](CO)[C@@H](O[C@@H]2O[C@H](CO)[C@H](O)[C@H](O)[C@H]2O)[C@@H]1O[C@@H]1O[C@@H](C)[C@@H](O)[C@@H](O)[C@@H]1O. The van der Waals surface area contributed by atoms with Gasteiger partial charge in [0.1, 0.15) is 134 Å². The molecule has 0 unspecified atom stereocenters. The first-order valence-electron chi connectivity index (χ1n) is 21.8. The fourth-order valence-corrected chi connectivity index (χ4v) is 8.79. The lowest BCUT2D eigenvalue weighted by Gasteiger charge is -2.52. The maximum atomic E-state index is 12.9. The van der Waals surface area contributed by atoms with Gasteiger partial charge in [0, 0.05) is 6.92 Å². The summed E-state index contributed by atoms with van der Waals surface area (Å²) in [6, 6.07) is -1.80. The molecule has 6 saturated heterocycles. The summed E-state index contributed by atoms with van der Waals surface area (Å²) in [4.78, 5) is 12.9. The van der Waals surface area contributed by atoms with E-state index in [0.717, 1.165) is 6.92 Å². The van der Waals surface area contributed by atoms with Crippen LogP contribution in [0.3, 0.4) is 0 Å². The van der Waals surface area contributed by atoms with Crippen molar-refractivity contribution >= 4 is 5.91 Å².